The molecule has 0 bridgehead atoms. The lowest BCUT2D eigenvalue weighted by atomic mass is 9.76. The number of benzene rings is 4. The number of hydrogen-bond donors (Lipinski definition) is 4. The van der Waals surface area contributed by atoms with Gasteiger partial charge in [0.1, 0.15) is 5.41 Å². The molecule has 4 unspecified atom stereocenters. The number of rotatable bonds is 22. The van der Waals surface area contributed by atoms with Gasteiger partial charge >= 0.3 is 0 Å². The summed E-state index contributed by atoms with van der Waals surface area (Å²) in [6.07, 6.45) is 5.82. The van der Waals surface area contributed by atoms with Crippen LogP contribution in [0.3, 0.4) is 0 Å². The van der Waals surface area contributed by atoms with Crippen molar-refractivity contribution in [1.82, 2.24) is 10.6 Å². The van der Waals surface area contributed by atoms with Gasteiger partial charge < -0.3 is 20.8 Å². The van der Waals surface area contributed by atoms with Crippen molar-refractivity contribution < 1.29 is 19.8 Å². The second-order valence-corrected chi connectivity index (χ2v) is 17.9. The molecular formula is C49H70N2O4. The minimum Gasteiger partial charge on any atom is -0.388 e. The van der Waals surface area contributed by atoms with Crippen LogP contribution in [0.1, 0.15) is 118 Å². The molecule has 0 fully saturated rings. The first kappa shape index (κ1) is 44.0. The van der Waals surface area contributed by atoms with Crippen LogP contribution in [0.15, 0.2) is 84.9 Å². The van der Waals surface area contributed by atoms with E-state index in [4.69, 9.17) is 0 Å². The van der Waals surface area contributed by atoms with Gasteiger partial charge in [-0.05, 0) is 108 Å². The third kappa shape index (κ3) is 12.1. The quantitative estimate of drug-likeness (QED) is 0.0601. The van der Waals surface area contributed by atoms with Gasteiger partial charge in [0.15, 0.2) is 0 Å². The highest BCUT2D eigenvalue weighted by Gasteiger charge is 2.46. The molecule has 6 heteroatoms. The van der Waals surface area contributed by atoms with Crippen molar-refractivity contribution in [1.29, 1.82) is 0 Å². The van der Waals surface area contributed by atoms with Gasteiger partial charge in [-0.15, -0.1) is 0 Å². The van der Waals surface area contributed by atoms with Gasteiger partial charge in [-0.3, -0.25) is 9.59 Å². The van der Waals surface area contributed by atoms with E-state index in [1.165, 1.54) is 32.7 Å². The Morgan fingerprint density at radius 1 is 0.545 bits per heavy atom. The first-order chi connectivity index (χ1) is 26.1. The fourth-order valence-corrected chi connectivity index (χ4v) is 9.47. The molecule has 4 aromatic rings. The van der Waals surface area contributed by atoms with Crippen LogP contribution in [0.25, 0.3) is 21.5 Å². The smallest absolute Gasteiger partial charge is 0.235 e. The summed E-state index contributed by atoms with van der Waals surface area (Å²) in [5.41, 5.74) is -1.06. The van der Waals surface area contributed by atoms with Crippen LogP contribution in [0.2, 0.25) is 0 Å². The molecule has 4 rings (SSSR count). The molecule has 0 aliphatic heterocycles. The van der Waals surface area contributed by atoms with Crippen molar-refractivity contribution >= 4 is 33.4 Å². The SMILES string of the molecule is CCCC(CCC)(C(=O)NCC(O)(CC(C)C)CC(C)Cc1cccc2ccccc12)C(=O)NCC(O)(CC(C)C)CC(C)Cc1cccc2ccccc12. The summed E-state index contributed by atoms with van der Waals surface area (Å²) in [4.78, 5) is 28.8. The monoisotopic (exact) mass is 751 g/mol. The number of carbonyl (C=O) groups excluding carboxylic acids is 2. The Morgan fingerprint density at radius 2 is 0.909 bits per heavy atom. The van der Waals surface area contributed by atoms with E-state index in [0.29, 0.717) is 51.4 Å². The molecule has 0 heterocycles. The zero-order valence-corrected chi connectivity index (χ0v) is 35.1. The lowest BCUT2D eigenvalue weighted by Crippen LogP contribution is -2.56. The van der Waals surface area contributed by atoms with Crippen LogP contribution in [0.5, 0.6) is 0 Å². The van der Waals surface area contributed by atoms with E-state index in [0.717, 1.165) is 12.8 Å². The number of nitrogens with one attached hydrogen (secondary N) is 2. The molecule has 0 saturated carbocycles. The van der Waals surface area contributed by atoms with Crippen molar-refractivity contribution in [2.75, 3.05) is 13.1 Å². The Hall–Kier alpha value is -3.74. The van der Waals surface area contributed by atoms with Crippen LogP contribution in [0, 0.1) is 29.1 Å². The van der Waals surface area contributed by atoms with Crippen molar-refractivity contribution in [2.45, 2.75) is 131 Å². The van der Waals surface area contributed by atoms with Crippen molar-refractivity contribution in [2.24, 2.45) is 29.1 Å². The second kappa shape index (κ2) is 19.9. The Balaban J connectivity index is 1.48. The molecule has 6 nitrogen and oxygen atoms in total. The van der Waals surface area contributed by atoms with E-state index in [-0.39, 0.29) is 48.6 Å². The molecule has 0 aliphatic carbocycles. The molecule has 0 saturated heterocycles. The zero-order chi connectivity index (χ0) is 40.2. The Morgan fingerprint density at radius 3 is 1.27 bits per heavy atom. The van der Waals surface area contributed by atoms with E-state index in [1.807, 2.05) is 13.8 Å². The summed E-state index contributed by atoms with van der Waals surface area (Å²) >= 11 is 0. The molecule has 0 aliphatic rings. The first-order valence-corrected chi connectivity index (χ1v) is 21.1. The normalized spacial score (nSPS) is 15.5. The van der Waals surface area contributed by atoms with Gasteiger partial charge in [0.25, 0.3) is 0 Å². The highest BCUT2D eigenvalue weighted by molar-refractivity contribution is 6.05. The second-order valence-electron chi connectivity index (χ2n) is 17.9. The minimum absolute atomic E-state index is 0.0787. The highest BCUT2D eigenvalue weighted by Crippen LogP contribution is 2.34. The zero-order valence-electron chi connectivity index (χ0n) is 35.1. The predicted molar refractivity (Wildman–Crippen MR) is 230 cm³/mol. The van der Waals surface area contributed by atoms with Crippen LogP contribution in [-0.2, 0) is 22.4 Å². The number of aliphatic hydroxyl groups is 2. The molecular weight excluding hydrogens is 681 g/mol. The summed E-state index contributed by atoms with van der Waals surface area (Å²) in [5.74, 6) is 0.0729. The summed E-state index contributed by atoms with van der Waals surface area (Å²) in [6.45, 7) is 16.9. The maximum Gasteiger partial charge on any atom is 0.235 e. The standard InChI is InChI=1S/C49H70N2O4/c1-9-25-49(26-10-2,45(52)50-33-47(54,29-35(3)4)31-37(7)27-41-21-15-19-39-17-11-13-23-43(39)41)46(53)51-34-48(55,30-36(5)6)32-38(8)28-42-22-16-20-40-18-12-14-24-44(40)42/h11-24,35-38,54-55H,9-10,25-34H2,1-8H3,(H,50,52)(H,51,53). The van der Waals surface area contributed by atoms with Gasteiger partial charge in [-0.2, -0.15) is 0 Å². The van der Waals surface area contributed by atoms with E-state index in [9.17, 15) is 19.8 Å². The van der Waals surface area contributed by atoms with Gasteiger partial charge in [0.2, 0.25) is 11.8 Å². The minimum atomic E-state index is -1.30. The Labute approximate surface area is 331 Å². The fraction of sp³-hybridized carbons (Fsp3) is 0.551. The summed E-state index contributed by atoms with van der Waals surface area (Å²) in [5, 5.41) is 35.4. The lowest BCUT2D eigenvalue weighted by Gasteiger charge is -2.37. The van der Waals surface area contributed by atoms with Gasteiger partial charge in [0, 0.05) is 13.1 Å². The average Bonchev–Trinajstić information content (AvgIpc) is 3.12. The molecule has 4 N–H and O–H groups in total. The predicted octanol–water partition coefficient (Wildman–Crippen LogP) is 10.2. The number of fused-ring (bicyclic) bond motifs is 2. The number of carbonyl (C=O) groups is 2. The largest absolute Gasteiger partial charge is 0.388 e. The summed E-state index contributed by atoms with van der Waals surface area (Å²) in [7, 11) is 0. The van der Waals surface area contributed by atoms with Gasteiger partial charge in [-0.1, -0.05) is 153 Å². The molecule has 0 radical (unpaired) electrons. The van der Waals surface area contributed by atoms with Crippen molar-refractivity contribution in [3.05, 3.63) is 96.1 Å². The maximum absolute atomic E-state index is 14.4. The Kier molecular flexibility index (Phi) is 15.9. The molecule has 4 aromatic carbocycles. The van der Waals surface area contributed by atoms with Crippen LogP contribution in [0.4, 0.5) is 0 Å². The van der Waals surface area contributed by atoms with E-state index < -0.39 is 16.6 Å². The fourth-order valence-electron chi connectivity index (χ4n) is 9.47. The van der Waals surface area contributed by atoms with Crippen LogP contribution >= 0.6 is 0 Å². The van der Waals surface area contributed by atoms with E-state index >= 15 is 0 Å². The van der Waals surface area contributed by atoms with Crippen molar-refractivity contribution in [3.8, 4) is 0 Å². The molecule has 300 valence electrons. The molecule has 0 spiro atoms. The number of hydrogen-bond acceptors (Lipinski definition) is 4. The highest BCUT2D eigenvalue weighted by atomic mass is 16.3. The topological polar surface area (TPSA) is 98.7 Å². The van der Waals surface area contributed by atoms with E-state index in [2.05, 4.69) is 137 Å². The van der Waals surface area contributed by atoms with Crippen molar-refractivity contribution in [3.63, 3.8) is 0 Å². The lowest BCUT2D eigenvalue weighted by molar-refractivity contribution is -0.147. The molecule has 4 atom stereocenters. The molecule has 2 amide bonds. The third-order valence-electron chi connectivity index (χ3n) is 11.3. The molecule has 0 aromatic heterocycles. The summed E-state index contributed by atoms with van der Waals surface area (Å²) < 4.78 is 0. The number of amides is 2. The van der Waals surface area contributed by atoms with E-state index in [1.54, 1.807) is 0 Å². The molecule has 55 heavy (non-hydrogen) atoms. The third-order valence-corrected chi connectivity index (χ3v) is 11.3. The van der Waals surface area contributed by atoms with Gasteiger partial charge in [0.05, 0.1) is 11.2 Å². The van der Waals surface area contributed by atoms with Gasteiger partial charge in [-0.25, -0.2) is 0 Å². The summed E-state index contributed by atoms with van der Waals surface area (Å²) in [6, 6.07) is 29.6. The Bertz CT molecular complexity index is 1690. The van der Waals surface area contributed by atoms with Crippen LogP contribution < -0.4 is 10.6 Å². The average molecular weight is 751 g/mol. The maximum atomic E-state index is 14.4. The van der Waals surface area contributed by atoms with Crippen LogP contribution in [-0.4, -0.2) is 46.3 Å². The first-order valence-electron chi connectivity index (χ1n) is 21.1.